The van der Waals surface area contributed by atoms with Crippen molar-refractivity contribution in [3.8, 4) is 0 Å². The molecule has 0 N–H and O–H groups in total. The summed E-state index contributed by atoms with van der Waals surface area (Å²) in [7, 11) is 0. The summed E-state index contributed by atoms with van der Waals surface area (Å²) in [6.07, 6.45) is 55.5. The van der Waals surface area contributed by atoms with Crippen LogP contribution < -0.4 is 0 Å². The molecule has 0 aromatic rings. The molecule has 0 spiro atoms. The Hall–Kier alpha value is -0.610. The molecule has 0 unspecified atom stereocenters. The highest BCUT2D eigenvalue weighted by Crippen LogP contribution is 2.16. The number of hydrogen-bond acceptors (Lipinski definition) is 4. The summed E-state index contributed by atoms with van der Waals surface area (Å²) in [4.78, 5) is 12.8. The molecule has 4 heteroatoms. The van der Waals surface area contributed by atoms with Crippen LogP contribution in [-0.4, -0.2) is 38.5 Å². The van der Waals surface area contributed by atoms with Crippen molar-refractivity contribution in [2.45, 2.75) is 297 Å². The number of esters is 1. The molecule has 0 aliphatic rings. The molecule has 0 fully saturated rings. The Kier molecular flexibility index (Phi) is 49.0. The van der Waals surface area contributed by atoms with Gasteiger partial charge < -0.3 is 14.2 Å². The number of ether oxygens (including phenoxy) is 3. The van der Waals surface area contributed by atoms with Gasteiger partial charge in [0.2, 0.25) is 0 Å². The summed E-state index contributed by atoms with van der Waals surface area (Å²) in [5.41, 5.74) is 0. The Labute approximate surface area is 346 Å². The fourth-order valence-corrected chi connectivity index (χ4v) is 7.87. The zero-order chi connectivity index (χ0) is 39.8. The quantitative estimate of drug-likeness (QED) is 0.0456. The standard InChI is InChI=1S/C51H102O4/c1-4-7-10-13-16-19-22-25-28-31-34-37-40-43-46-53-48-50(49-54-47-44-41-38-35-32-29-26-23-20-17-14-11-8-5-2)55-51(52)45-42-39-36-33-30-27-24-21-18-15-12-9-6-3/h50H,4-49H2,1-3H3. The zero-order valence-corrected chi connectivity index (χ0v) is 38.2. The van der Waals surface area contributed by atoms with Gasteiger partial charge in [0.1, 0.15) is 6.10 Å². The Morgan fingerprint density at radius 2 is 0.527 bits per heavy atom. The van der Waals surface area contributed by atoms with E-state index in [9.17, 15) is 4.79 Å². The average Bonchev–Trinajstić information content (AvgIpc) is 3.19. The van der Waals surface area contributed by atoms with Crippen LogP contribution in [0.5, 0.6) is 0 Å². The van der Waals surface area contributed by atoms with Crippen molar-refractivity contribution in [3.05, 3.63) is 0 Å². The lowest BCUT2D eigenvalue weighted by Crippen LogP contribution is -2.29. The normalized spacial score (nSPS) is 11.6. The van der Waals surface area contributed by atoms with Gasteiger partial charge in [-0.2, -0.15) is 0 Å². The first-order valence-electron chi connectivity index (χ1n) is 25.6. The number of hydrogen-bond donors (Lipinski definition) is 0. The molecule has 0 aliphatic heterocycles. The van der Waals surface area contributed by atoms with Gasteiger partial charge in [-0.3, -0.25) is 4.79 Å². The van der Waals surface area contributed by atoms with E-state index >= 15 is 0 Å². The molecule has 0 amide bonds. The fourth-order valence-electron chi connectivity index (χ4n) is 7.87. The maximum atomic E-state index is 12.8. The predicted octanol–water partition coefficient (Wildman–Crippen LogP) is 17.4. The maximum absolute atomic E-state index is 12.8. The van der Waals surface area contributed by atoms with Crippen LogP contribution in [0.1, 0.15) is 290 Å². The lowest BCUT2D eigenvalue weighted by Gasteiger charge is -2.18. The van der Waals surface area contributed by atoms with Crippen molar-refractivity contribution in [2.75, 3.05) is 26.4 Å². The molecule has 0 aromatic heterocycles. The van der Waals surface area contributed by atoms with E-state index in [1.165, 1.54) is 238 Å². The van der Waals surface area contributed by atoms with E-state index in [1.807, 2.05) is 0 Å². The van der Waals surface area contributed by atoms with Crippen molar-refractivity contribution in [1.82, 2.24) is 0 Å². The number of unbranched alkanes of at least 4 members (excludes halogenated alkanes) is 38. The largest absolute Gasteiger partial charge is 0.457 e. The molecule has 0 bridgehead atoms. The van der Waals surface area contributed by atoms with Gasteiger partial charge in [0, 0.05) is 19.6 Å². The van der Waals surface area contributed by atoms with Gasteiger partial charge in [0.15, 0.2) is 0 Å². The van der Waals surface area contributed by atoms with Gasteiger partial charge in [-0.15, -0.1) is 0 Å². The van der Waals surface area contributed by atoms with Crippen molar-refractivity contribution in [1.29, 1.82) is 0 Å². The minimum atomic E-state index is -0.284. The Balaban J connectivity index is 4.07. The molecule has 0 atom stereocenters. The van der Waals surface area contributed by atoms with E-state index in [2.05, 4.69) is 20.8 Å². The van der Waals surface area contributed by atoms with Crippen LogP contribution in [0.15, 0.2) is 0 Å². The molecule has 0 aromatic carbocycles. The van der Waals surface area contributed by atoms with Crippen molar-refractivity contribution in [2.24, 2.45) is 0 Å². The third-order valence-electron chi connectivity index (χ3n) is 11.7. The molecule has 0 saturated carbocycles. The van der Waals surface area contributed by atoms with Crippen LogP contribution in [0, 0.1) is 0 Å². The summed E-state index contributed by atoms with van der Waals surface area (Å²) in [5, 5.41) is 0. The van der Waals surface area contributed by atoms with Gasteiger partial charge >= 0.3 is 5.97 Å². The van der Waals surface area contributed by atoms with E-state index in [0.717, 1.165) is 38.9 Å². The van der Waals surface area contributed by atoms with Crippen LogP contribution in [0.3, 0.4) is 0 Å². The monoisotopic (exact) mass is 779 g/mol. The second-order valence-corrected chi connectivity index (χ2v) is 17.4. The first kappa shape index (κ1) is 54.4. The van der Waals surface area contributed by atoms with Gasteiger partial charge in [0.05, 0.1) is 13.2 Å². The van der Waals surface area contributed by atoms with E-state index in [0.29, 0.717) is 19.6 Å². The number of carbonyl (C=O) groups excluding carboxylic acids is 1. The summed E-state index contributed by atoms with van der Waals surface area (Å²) in [6.45, 7) is 9.30. The SMILES string of the molecule is CCCCCCCCCCCCCCCCOCC(COCCCCCCCCCCCCCCCC)OC(=O)CCCCCCCCCCCCCCC. The average molecular weight is 779 g/mol. The second kappa shape index (κ2) is 49.5. The number of rotatable bonds is 49. The molecular formula is C51H102O4. The Morgan fingerprint density at radius 3 is 0.782 bits per heavy atom. The molecule has 0 aliphatic carbocycles. The van der Waals surface area contributed by atoms with Gasteiger partial charge in [0.25, 0.3) is 0 Å². The second-order valence-electron chi connectivity index (χ2n) is 17.4. The van der Waals surface area contributed by atoms with Crippen molar-refractivity contribution in [3.63, 3.8) is 0 Å². The third kappa shape index (κ3) is 47.7. The van der Waals surface area contributed by atoms with E-state index < -0.39 is 0 Å². The topological polar surface area (TPSA) is 44.8 Å². The lowest BCUT2D eigenvalue weighted by atomic mass is 10.0. The predicted molar refractivity (Wildman–Crippen MR) is 242 cm³/mol. The summed E-state index contributed by atoms with van der Waals surface area (Å²) in [6, 6.07) is 0. The molecule has 4 nitrogen and oxygen atoms in total. The molecule has 0 rings (SSSR count). The smallest absolute Gasteiger partial charge is 0.306 e. The zero-order valence-electron chi connectivity index (χ0n) is 38.2. The highest BCUT2D eigenvalue weighted by molar-refractivity contribution is 5.69. The molecule has 0 heterocycles. The van der Waals surface area contributed by atoms with E-state index in [-0.39, 0.29) is 12.1 Å². The minimum absolute atomic E-state index is 0.0757. The van der Waals surface area contributed by atoms with Gasteiger partial charge in [-0.25, -0.2) is 0 Å². The summed E-state index contributed by atoms with van der Waals surface area (Å²) < 4.78 is 18.0. The van der Waals surface area contributed by atoms with Crippen molar-refractivity contribution >= 4 is 5.97 Å². The molecule has 0 radical (unpaired) electrons. The van der Waals surface area contributed by atoms with Crippen LogP contribution in [0.25, 0.3) is 0 Å². The van der Waals surface area contributed by atoms with Crippen molar-refractivity contribution < 1.29 is 19.0 Å². The highest BCUT2D eigenvalue weighted by atomic mass is 16.6. The van der Waals surface area contributed by atoms with Crippen LogP contribution in [-0.2, 0) is 19.0 Å². The third-order valence-corrected chi connectivity index (χ3v) is 11.7. The maximum Gasteiger partial charge on any atom is 0.306 e. The Bertz CT molecular complexity index is 660. The molecule has 55 heavy (non-hydrogen) atoms. The first-order valence-corrected chi connectivity index (χ1v) is 25.6. The summed E-state index contributed by atoms with van der Waals surface area (Å²) in [5.74, 6) is -0.0757. The first-order chi connectivity index (χ1) is 27.2. The van der Waals surface area contributed by atoms with E-state index in [1.54, 1.807) is 0 Å². The van der Waals surface area contributed by atoms with Gasteiger partial charge in [-0.05, 0) is 19.3 Å². The highest BCUT2D eigenvalue weighted by Gasteiger charge is 2.15. The van der Waals surface area contributed by atoms with Crippen LogP contribution in [0.4, 0.5) is 0 Å². The summed E-state index contributed by atoms with van der Waals surface area (Å²) >= 11 is 0. The van der Waals surface area contributed by atoms with Crippen LogP contribution >= 0.6 is 0 Å². The molecule has 0 saturated heterocycles. The fraction of sp³-hybridized carbons (Fsp3) is 0.980. The van der Waals surface area contributed by atoms with Crippen LogP contribution in [0.2, 0.25) is 0 Å². The minimum Gasteiger partial charge on any atom is -0.457 e. The lowest BCUT2D eigenvalue weighted by molar-refractivity contribution is -0.156. The van der Waals surface area contributed by atoms with Gasteiger partial charge in [-0.1, -0.05) is 265 Å². The van der Waals surface area contributed by atoms with E-state index in [4.69, 9.17) is 14.2 Å². The Morgan fingerprint density at radius 1 is 0.309 bits per heavy atom. The molecular weight excluding hydrogens is 677 g/mol. The number of carbonyl (C=O) groups is 1. The molecule has 330 valence electrons.